The van der Waals surface area contributed by atoms with Gasteiger partial charge in [0.15, 0.2) is 0 Å². The number of carbonyl (C=O) groups is 1. The molecule has 0 aliphatic rings. The van der Waals surface area contributed by atoms with Crippen molar-refractivity contribution in [3.05, 3.63) is 71.9 Å². The number of pyridine rings is 1. The van der Waals surface area contributed by atoms with Gasteiger partial charge in [-0.25, -0.2) is 14.2 Å². The van der Waals surface area contributed by atoms with Gasteiger partial charge in [0.05, 0.1) is 5.69 Å². The Labute approximate surface area is 139 Å². The molecule has 0 atom stereocenters. The maximum atomic E-state index is 13.5. The monoisotopic (exact) mass is 326 g/mol. The lowest BCUT2D eigenvalue weighted by Crippen LogP contribution is -2.37. The number of nitrogens with one attached hydrogen (secondary N) is 2. The molecule has 0 fully saturated rings. The van der Waals surface area contributed by atoms with Crippen LogP contribution in [0.3, 0.4) is 0 Å². The zero-order chi connectivity index (χ0) is 16.8. The number of imidazole rings is 1. The van der Waals surface area contributed by atoms with Crippen LogP contribution in [0.25, 0.3) is 5.65 Å². The molecule has 2 heterocycles. The van der Waals surface area contributed by atoms with Crippen molar-refractivity contribution in [1.29, 1.82) is 0 Å². The predicted molar refractivity (Wildman–Crippen MR) is 90.4 cm³/mol. The smallest absolute Gasteiger partial charge is 0.314 e. The fourth-order valence-electron chi connectivity index (χ4n) is 2.49. The van der Waals surface area contributed by atoms with Crippen LogP contribution < -0.4 is 10.6 Å². The van der Waals surface area contributed by atoms with Crippen LogP contribution >= 0.6 is 0 Å². The molecule has 2 aromatic heterocycles. The van der Waals surface area contributed by atoms with Crippen LogP contribution in [-0.2, 0) is 12.8 Å². The maximum absolute atomic E-state index is 13.5. The lowest BCUT2D eigenvalue weighted by molar-refractivity contribution is 0.241. The van der Waals surface area contributed by atoms with Crippen molar-refractivity contribution >= 4 is 11.7 Å². The Kier molecular flexibility index (Phi) is 5.05. The van der Waals surface area contributed by atoms with Crippen molar-refractivity contribution in [2.75, 3.05) is 13.1 Å². The second-order valence-electron chi connectivity index (χ2n) is 5.47. The van der Waals surface area contributed by atoms with Crippen molar-refractivity contribution < 1.29 is 9.18 Å². The largest absolute Gasteiger partial charge is 0.338 e. The summed E-state index contributed by atoms with van der Waals surface area (Å²) in [5.74, 6) is -0.244. The molecule has 2 amide bonds. The normalized spacial score (nSPS) is 10.7. The van der Waals surface area contributed by atoms with Gasteiger partial charge in [-0.2, -0.15) is 0 Å². The highest BCUT2D eigenvalue weighted by atomic mass is 19.1. The average Bonchev–Trinajstić information content (AvgIpc) is 2.99. The average molecular weight is 326 g/mol. The van der Waals surface area contributed by atoms with E-state index in [1.54, 1.807) is 18.2 Å². The summed E-state index contributed by atoms with van der Waals surface area (Å²) in [6, 6.07) is 12.1. The van der Waals surface area contributed by atoms with Crippen LogP contribution in [-0.4, -0.2) is 28.5 Å². The number of halogens is 1. The predicted octanol–water partition coefficient (Wildman–Crippen LogP) is 2.56. The number of nitrogens with zero attached hydrogens (tertiary/aromatic N) is 2. The van der Waals surface area contributed by atoms with Crippen LogP contribution in [0.4, 0.5) is 9.18 Å². The lowest BCUT2D eigenvalue weighted by Gasteiger charge is -2.07. The van der Waals surface area contributed by atoms with Gasteiger partial charge in [-0.1, -0.05) is 24.3 Å². The van der Waals surface area contributed by atoms with E-state index in [-0.39, 0.29) is 11.8 Å². The van der Waals surface area contributed by atoms with E-state index in [4.69, 9.17) is 0 Å². The highest BCUT2D eigenvalue weighted by Crippen LogP contribution is 2.06. The van der Waals surface area contributed by atoms with Crippen LogP contribution in [0.2, 0.25) is 0 Å². The number of rotatable bonds is 6. The molecule has 6 heteroatoms. The minimum Gasteiger partial charge on any atom is -0.338 e. The number of aromatic nitrogens is 2. The van der Waals surface area contributed by atoms with Crippen molar-refractivity contribution in [3.63, 3.8) is 0 Å². The Morgan fingerprint density at radius 3 is 2.58 bits per heavy atom. The van der Waals surface area contributed by atoms with E-state index in [2.05, 4.69) is 15.6 Å². The molecule has 124 valence electrons. The first-order chi connectivity index (χ1) is 11.7. The number of benzene rings is 1. The van der Waals surface area contributed by atoms with E-state index in [9.17, 15) is 9.18 Å². The van der Waals surface area contributed by atoms with Gasteiger partial charge < -0.3 is 15.0 Å². The lowest BCUT2D eigenvalue weighted by atomic mass is 10.1. The van der Waals surface area contributed by atoms with Crippen LogP contribution in [0, 0.1) is 5.82 Å². The fourth-order valence-corrected chi connectivity index (χ4v) is 2.49. The quantitative estimate of drug-likeness (QED) is 0.731. The summed E-state index contributed by atoms with van der Waals surface area (Å²) in [7, 11) is 0. The third-order valence-electron chi connectivity index (χ3n) is 3.72. The molecule has 0 saturated heterocycles. The molecule has 0 radical (unpaired) electrons. The summed E-state index contributed by atoms with van der Waals surface area (Å²) in [5, 5.41) is 5.51. The van der Waals surface area contributed by atoms with E-state index in [0.29, 0.717) is 31.5 Å². The van der Waals surface area contributed by atoms with Crippen molar-refractivity contribution in [1.82, 2.24) is 20.0 Å². The molecule has 0 saturated carbocycles. The minimum atomic E-state index is -0.255. The van der Waals surface area contributed by atoms with Gasteiger partial charge in [0, 0.05) is 31.9 Å². The molecule has 0 unspecified atom stereocenters. The van der Waals surface area contributed by atoms with Gasteiger partial charge in [-0.05, 0) is 30.2 Å². The highest BCUT2D eigenvalue weighted by Gasteiger charge is 2.04. The number of urea groups is 1. The first kappa shape index (κ1) is 16.0. The SMILES string of the molecule is O=C(NCCc1cn2ccccc2n1)NCCc1ccccc1F. The molecule has 5 nitrogen and oxygen atoms in total. The summed E-state index contributed by atoms with van der Waals surface area (Å²) in [6.45, 7) is 0.885. The molecule has 3 rings (SSSR count). The Morgan fingerprint density at radius 1 is 1.04 bits per heavy atom. The van der Waals surface area contributed by atoms with Gasteiger partial charge >= 0.3 is 6.03 Å². The van der Waals surface area contributed by atoms with Gasteiger partial charge in [0.2, 0.25) is 0 Å². The topological polar surface area (TPSA) is 58.4 Å². The zero-order valence-corrected chi connectivity index (χ0v) is 13.2. The third kappa shape index (κ3) is 4.10. The first-order valence-corrected chi connectivity index (χ1v) is 7.90. The fraction of sp³-hybridized carbons (Fsp3) is 0.222. The summed E-state index contributed by atoms with van der Waals surface area (Å²) >= 11 is 0. The summed E-state index contributed by atoms with van der Waals surface area (Å²) < 4.78 is 15.4. The number of amides is 2. The molecule has 3 aromatic rings. The Morgan fingerprint density at radius 2 is 1.79 bits per heavy atom. The molecule has 0 bridgehead atoms. The van der Waals surface area contributed by atoms with Crippen LogP contribution in [0.15, 0.2) is 54.9 Å². The maximum Gasteiger partial charge on any atom is 0.314 e. The standard InChI is InChI=1S/C18H19FN4O/c19-16-6-2-1-5-14(16)8-10-20-18(24)21-11-9-15-13-23-12-4-3-7-17(23)22-15/h1-7,12-13H,8-11H2,(H2,20,21,24). The second kappa shape index (κ2) is 7.59. The van der Waals surface area contributed by atoms with E-state index < -0.39 is 0 Å². The van der Waals surface area contributed by atoms with Crippen molar-refractivity contribution in [2.24, 2.45) is 0 Å². The number of hydrogen-bond donors (Lipinski definition) is 2. The van der Waals surface area contributed by atoms with Crippen molar-refractivity contribution in [2.45, 2.75) is 12.8 Å². The van der Waals surface area contributed by atoms with E-state index in [1.165, 1.54) is 6.07 Å². The Balaban J connectivity index is 1.39. The third-order valence-corrected chi connectivity index (χ3v) is 3.72. The van der Waals surface area contributed by atoms with E-state index in [1.807, 2.05) is 35.0 Å². The summed E-state index contributed by atoms with van der Waals surface area (Å²) in [6.07, 6.45) is 5.01. The minimum absolute atomic E-state index is 0.244. The first-order valence-electron chi connectivity index (χ1n) is 7.90. The van der Waals surface area contributed by atoms with Crippen LogP contribution in [0.5, 0.6) is 0 Å². The highest BCUT2D eigenvalue weighted by molar-refractivity contribution is 5.73. The summed E-state index contributed by atoms with van der Waals surface area (Å²) in [4.78, 5) is 16.2. The van der Waals surface area contributed by atoms with Gasteiger partial charge in [0.1, 0.15) is 11.5 Å². The molecular formula is C18H19FN4O. The molecular weight excluding hydrogens is 307 g/mol. The van der Waals surface area contributed by atoms with Gasteiger partial charge in [-0.3, -0.25) is 0 Å². The molecule has 2 N–H and O–H groups in total. The molecule has 0 spiro atoms. The van der Waals surface area contributed by atoms with Crippen molar-refractivity contribution in [3.8, 4) is 0 Å². The number of fused-ring (bicyclic) bond motifs is 1. The Bertz CT molecular complexity index is 798. The number of hydrogen-bond acceptors (Lipinski definition) is 2. The Hall–Kier alpha value is -2.89. The van der Waals surface area contributed by atoms with Gasteiger partial charge in [-0.15, -0.1) is 0 Å². The molecule has 24 heavy (non-hydrogen) atoms. The zero-order valence-electron chi connectivity index (χ0n) is 13.2. The molecule has 0 aliphatic carbocycles. The molecule has 1 aromatic carbocycles. The second-order valence-corrected chi connectivity index (χ2v) is 5.47. The number of carbonyl (C=O) groups excluding carboxylic acids is 1. The summed E-state index contributed by atoms with van der Waals surface area (Å²) in [5.41, 5.74) is 2.41. The molecule has 0 aliphatic heterocycles. The van der Waals surface area contributed by atoms with E-state index >= 15 is 0 Å². The van der Waals surface area contributed by atoms with Crippen LogP contribution in [0.1, 0.15) is 11.3 Å². The van der Waals surface area contributed by atoms with Gasteiger partial charge in [0.25, 0.3) is 0 Å². The van der Waals surface area contributed by atoms with E-state index in [0.717, 1.165) is 11.3 Å².